The highest BCUT2D eigenvalue weighted by atomic mass is 16.3. The lowest BCUT2D eigenvalue weighted by Gasteiger charge is -2.08. The van der Waals surface area contributed by atoms with Crippen molar-refractivity contribution in [2.45, 2.75) is 13.2 Å². The molecule has 3 aromatic carbocycles. The lowest BCUT2D eigenvalue weighted by Crippen LogP contribution is -2.09. The van der Waals surface area contributed by atoms with Crippen LogP contribution < -0.4 is 16.4 Å². The normalized spacial score (nSPS) is 10.8. The van der Waals surface area contributed by atoms with Gasteiger partial charge in [-0.2, -0.15) is 0 Å². The summed E-state index contributed by atoms with van der Waals surface area (Å²) in [5.41, 5.74) is 10.8. The molecule has 0 saturated heterocycles. The summed E-state index contributed by atoms with van der Waals surface area (Å²) in [4.78, 5) is 12.0. The van der Waals surface area contributed by atoms with Gasteiger partial charge in [-0.1, -0.05) is 48.5 Å². The largest absolute Gasteiger partial charge is 0.397 e. The van der Waals surface area contributed by atoms with Gasteiger partial charge in [-0.15, -0.1) is 0 Å². The SMILES string of the molecule is Nc1ccccc1NC(=O)/C=C\c1ccc(CNc2cccc(CO)c2)cc1. The van der Waals surface area contributed by atoms with Gasteiger partial charge in [-0.3, -0.25) is 4.79 Å². The summed E-state index contributed by atoms with van der Waals surface area (Å²) < 4.78 is 0. The van der Waals surface area contributed by atoms with E-state index in [0.29, 0.717) is 17.9 Å². The van der Waals surface area contributed by atoms with Crippen molar-refractivity contribution in [3.63, 3.8) is 0 Å². The van der Waals surface area contributed by atoms with Crippen LogP contribution in [-0.4, -0.2) is 11.0 Å². The van der Waals surface area contributed by atoms with E-state index >= 15 is 0 Å². The smallest absolute Gasteiger partial charge is 0.248 e. The van der Waals surface area contributed by atoms with Gasteiger partial charge in [-0.25, -0.2) is 0 Å². The number of aliphatic hydroxyl groups excluding tert-OH is 1. The Kier molecular flexibility index (Phi) is 6.44. The molecule has 0 saturated carbocycles. The fourth-order valence-electron chi connectivity index (χ4n) is 2.69. The number of nitrogens with two attached hydrogens (primary N) is 1. The Hall–Kier alpha value is -3.57. The average molecular weight is 373 g/mol. The van der Waals surface area contributed by atoms with Crippen molar-refractivity contribution >= 4 is 29.0 Å². The lowest BCUT2D eigenvalue weighted by atomic mass is 10.1. The molecule has 5 N–H and O–H groups in total. The van der Waals surface area contributed by atoms with E-state index in [1.807, 2.05) is 60.7 Å². The number of hydrogen-bond donors (Lipinski definition) is 4. The third-order valence-electron chi connectivity index (χ3n) is 4.23. The minimum absolute atomic E-state index is 0.0288. The zero-order chi connectivity index (χ0) is 19.8. The molecule has 0 aromatic heterocycles. The molecule has 0 bridgehead atoms. The number of carbonyl (C=O) groups excluding carboxylic acids is 1. The highest BCUT2D eigenvalue weighted by molar-refractivity contribution is 6.03. The van der Waals surface area contributed by atoms with Crippen molar-refractivity contribution in [2.24, 2.45) is 0 Å². The first-order valence-corrected chi connectivity index (χ1v) is 9.00. The molecule has 0 unspecified atom stereocenters. The van der Waals surface area contributed by atoms with Crippen molar-refractivity contribution < 1.29 is 9.90 Å². The summed E-state index contributed by atoms with van der Waals surface area (Å²) in [5, 5.41) is 15.3. The Bertz CT molecular complexity index is 966. The van der Waals surface area contributed by atoms with E-state index in [-0.39, 0.29) is 12.5 Å². The van der Waals surface area contributed by atoms with Crippen molar-refractivity contribution in [2.75, 3.05) is 16.4 Å². The minimum atomic E-state index is -0.229. The fraction of sp³-hybridized carbons (Fsp3) is 0.0870. The van der Waals surface area contributed by atoms with Crippen LogP contribution in [0.25, 0.3) is 6.08 Å². The molecule has 0 fully saturated rings. The van der Waals surface area contributed by atoms with E-state index in [1.54, 1.807) is 18.2 Å². The summed E-state index contributed by atoms with van der Waals surface area (Å²) >= 11 is 0. The van der Waals surface area contributed by atoms with Crippen molar-refractivity contribution in [3.05, 3.63) is 95.6 Å². The van der Waals surface area contributed by atoms with E-state index in [4.69, 9.17) is 5.73 Å². The highest BCUT2D eigenvalue weighted by Crippen LogP contribution is 2.17. The van der Waals surface area contributed by atoms with Crippen LogP contribution in [0, 0.1) is 0 Å². The molecule has 0 aliphatic carbocycles. The molecule has 3 aromatic rings. The van der Waals surface area contributed by atoms with Crippen LogP contribution in [0.3, 0.4) is 0 Å². The first kappa shape index (κ1) is 19.2. The van der Waals surface area contributed by atoms with Gasteiger partial charge < -0.3 is 21.5 Å². The van der Waals surface area contributed by atoms with Gasteiger partial charge in [0.25, 0.3) is 0 Å². The Labute approximate surface area is 164 Å². The van der Waals surface area contributed by atoms with Crippen molar-refractivity contribution in [1.29, 1.82) is 0 Å². The maximum absolute atomic E-state index is 12.0. The van der Waals surface area contributed by atoms with Gasteiger partial charge >= 0.3 is 0 Å². The predicted molar refractivity (Wildman–Crippen MR) is 115 cm³/mol. The Morgan fingerprint density at radius 3 is 2.50 bits per heavy atom. The number of nitrogen functional groups attached to an aromatic ring is 1. The van der Waals surface area contributed by atoms with Gasteiger partial charge in [-0.05, 0) is 47.0 Å². The molecule has 0 heterocycles. The fourth-order valence-corrected chi connectivity index (χ4v) is 2.69. The summed E-state index contributed by atoms with van der Waals surface area (Å²) in [6, 6.07) is 22.8. The van der Waals surface area contributed by atoms with Crippen LogP contribution in [-0.2, 0) is 17.9 Å². The van der Waals surface area contributed by atoms with E-state index in [0.717, 1.165) is 22.4 Å². The zero-order valence-corrected chi connectivity index (χ0v) is 15.4. The van der Waals surface area contributed by atoms with E-state index in [1.165, 1.54) is 6.08 Å². The van der Waals surface area contributed by atoms with Crippen LogP contribution in [0.15, 0.2) is 78.9 Å². The molecule has 0 atom stereocenters. The van der Waals surface area contributed by atoms with Gasteiger partial charge in [0.15, 0.2) is 0 Å². The van der Waals surface area contributed by atoms with Crippen LogP contribution in [0.1, 0.15) is 16.7 Å². The highest BCUT2D eigenvalue weighted by Gasteiger charge is 2.01. The lowest BCUT2D eigenvalue weighted by molar-refractivity contribution is -0.111. The molecule has 0 radical (unpaired) electrons. The maximum atomic E-state index is 12.0. The Morgan fingerprint density at radius 1 is 0.964 bits per heavy atom. The Balaban J connectivity index is 1.54. The number of carbonyl (C=O) groups is 1. The quantitative estimate of drug-likeness (QED) is 0.372. The second kappa shape index (κ2) is 9.39. The standard InChI is InChI=1S/C23H23N3O2/c24-21-6-1-2-7-22(21)26-23(28)13-12-17-8-10-18(11-9-17)15-25-20-5-3-4-19(14-20)16-27/h1-14,25,27H,15-16,24H2,(H,26,28)/b13-12-. The van der Waals surface area contributed by atoms with Crippen molar-refractivity contribution in [1.82, 2.24) is 0 Å². The number of anilines is 3. The first-order valence-electron chi connectivity index (χ1n) is 9.00. The van der Waals surface area contributed by atoms with Crippen molar-refractivity contribution in [3.8, 4) is 0 Å². The zero-order valence-electron chi connectivity index (χ0n) is 15.4. The van der Waals surface area contributed by atoms with Crippen LogP contribution in [0.5, 0.6) is 0 Å². The second-order valence-corrected chi connectivity index (χ2v) is 6.36. The average Bonchev–Trinajstić information content (AvgIpc) is 2.73. The number of amides is 1. The van der Waals surface area contributed by atoms with Gasteiger partial charge in [0.05, 0.1) is 18.0 Å². The van der Waals surface area contributed by atoms with Crippen LogP contribution >= 0.6 is 0 Å². The summed E-state index contributed by atoms with van der Waals surface area (Å²) in [6.07, 6.45) is 3.25. The molecule has 0 aliphatic rings. The van der Waals surface area contributed by atoms with Gasteiger partial charge in [0.1, 0.15) is 0 Å². The first-order chi connectivity index (χ1) is 13.6. The topological polar surface area (TPSA) is 87.4 Å². The minimum Gasteiger partial charge on any atom is -0.397 e. The van der Waals surface area contributed by atoms with Crippen LogP contribution in [0.4, 0.5) is 17.1 Å². The number of hydrogen-bond acceptors (Lipinski definition) is 4. The number of nitrogens with one attached hydrogen (secondary N) is 2. The van der Waals surface area contributed by atoms with Gasteiger partial charge in [0, 0.05) is 18.3 Å². The molecule has 3 rings (SSSR count). The molecule has 0 aliphatic heterocycles. The molecule has 28 heavy (non-hydrogen) atoms. The summed E-state index contributed by atoms with van der Waals surface area (Å²) in [7, 11) is 0. The summed E-state index contributed by atoms with van der Waals surface area (Å²) in [5.74, 6) is -0.229. The number of benzene rings is 3. The summed E-state index contributed by atoms with van der Waals surface area (Å²) in [6.45, 7) is 0.702. The van der Waals surface area contributed by atoms with Crippen LogP contribution in [0.2, 0.25) is 0 Å². The monoisotopic (exact) mass is 373 g/mol. The third-order valence-corrected chi connectivity index (χ3v) is 4.23. The Morgan fingerprint density at radius 2 is 1.75 bits per heavy atom. The molecule has 5 heteroatoms. The molecule has 1 amide bonds. The molecule has 0 spiro atoms. The molecular formula is C23H23N3O2. The van der Waals surface area contributed by atoms with Gasteiger partial charge in [0.2, 0.25) is 5.91 Å². The number of aliphatic hydroxyl groups is 1. The molecule has 142 valence electrons. The number of rotatable bonds is 7. The maximum Gasteiger partial charge on any atom is 0.248 e. The van der Waals surface area contributed by atoms with E-state index in [9.17, 15) is 9.90 Å². The predicted octanol–water partition coefficient (Wildman–Crippen LogP) is 4.03. The molecular weight excluding hydrogens is 350 g/mol. The number of para-hydroxylation sites is 2. The van der Waals surface area contributed by atoms with E-state index < -0.39 is 0 Å². The molecule has 5 nitrogen and oxygen atoms in total. The second-order valence-electron chi connectivity index (χ2n) is 6.36. The third kappa shape index (κ3) is 5.46. The van der Waals surface area contributed by atoms with E-state index in [2.05, 4.69) is 10.6 Å².